The van der Waals surface area contributed by atoms with E-state index in [9.17, 15) is 9.59 Å². The van der Waals surface area contributed by atoms with Gasteiger partial charge < -0.3 is 14.2 Å². The minimum Gasteiger partial charge on any atom is -0.494 e. The molecule has 182 valence electrons. The van der Waals surface area contributed by atoms with Gasteiger partial charge in [-0.25, -0.2) is 4.99 Å². The van der Waals surface area contributed by atoms with Gasteiger partial charge in [-0.1, -0.05) is 67.2 Å². The number of carbonyl (C=O) groups is 1. The molecule has 0 radical (unpaired) electrons. The number of H-pyrrole nitrogens is 1. The highest BCUT2D eigenvalue weighted by atomic mass is 16.5. The van der Waals surface area contributed by atoms with Crippen LogP contribution in [-0.2, 0) is 24.4 Å². The van der Waals surface area contributed by atoms with E-state index in [0.717, 1.165) is 28.1 Å². The molecule has 0 aliphatic carbocycles. The minimum atomic E-state index is -0.226. The number of ether oxygens (including phenoxy) is 1. The lowest BCUT2D eigenvalue weighted by molar-refractivity contribution is -0.132. The first kappa shape index (κ1) is 23.4. The van der Waals surface area contributed by atoms with Crippen LogP contribution in [0.25, 0.3) is 6.58 Å². The Hall–Kier alpha value is -4.39. The van der Waals surface area contributed by atoms with Crippen molar-refractivity contribution in [3.05, 3.63) is 117 Å². The molecule has 1 aliphatic heterocycles. The highest BCUT2D eigenvalue weighted by molar-refractivity contribution is 5.76. The number of aromatic amines is 1. The highest BCUT2D eigenvalue weighted by Crippen LogP contribution is 2.26. The smallest absolute Gasteiger partial charge is 0.274 e. The summed E-state index contributed by atoms with van der Waals surface area (Å²) in [5.41, 5.74) is 4.26. The van der Waals surface area contributed by atoms with Crippen LogP contribution in [0, 0.1) is 0 Å². The zero-order chi connectivity index (χ0) is 24.9. The number of carbonyl (C=O) groups excluding carboxylic acids is 1. The number of benzene rings is 3. The largest absolute Gasteiger partial charge is 0.494 e. The molecule has 0 atom stereocenters. The normalized spacial score (nSPS) is 11.8. The molecular formula is C29H28N4O3. The van der Waals surface area contributed by atoms with Gasteiger partial charge in [-0.15, -0.1) is 0 Å². The number of fused-ring (bicyclic) bond motifs is 2. The first-order valence-corrected chi connectivity index (χ1v) is 12.0. The van der Waals surface area contributed by atoms with Crippen LogP contribution < -0.4 is 21.3 Å². The maximum absolute atomic E-state index is 13.1. The van der Waals surface area contributed by atoms with Crippen LogP contribution in [0.15, 0.2) is 88.6 Å². The number of aromatic nitrogens is 2. The van der Waals surface area contributed by atoms with E-state index in [1.54, 1.807) is 4.57 Å². The second kappa shape index (κ2) is 10.5. The molecule has 0 fully saturated rings. The molecule has 1 aromatic heterocycles. The Bertz CT molecular complexity index is 1480. The molecule has 36 heavy (non-hydrogen) atoms. The topological polar surface area (TPSA) is 79.7 Å². The third-order valence-electron chi connectivity index (χ3n) is 6.26. The van der Waals surface area contributed by atoms with E-state index in [-0.39, 0.29) is 11.5 Å². The zero-order valence-corrected chi connectivity index (χ0v) is 20.0. The van der Waals surface area contributed by atoms with Crippen molar-refractivity contribution in [3.8, 4) is 5.75 Å². The number of hydrogen-bond donors (Lipinski definition) is 1. The molecule has 0 saturated carbocycles. The van der Waals surface area contributed by atoms with E-state index in [4.69, 9.17) is 4.74 Å². The Morgan fingerprint density at radius 2 is 1.67 bits per heavy atom. The summed E-state index contributed by atoms with van der Waals surface area (Å²) in [5, 5.41) is 0.389. The Balaban J connectivity index is 1.18. The number of amides is 1. The van der Waals surface area contributed by atoms with Crippen LogP contribution in [-0.4, -0.2) is 27.0 Å². The Labute approximate surface area is 209 Å². The molecule has 1 N–H and O–H groups in total. The summed E-state index contributed by atoms with van der Waals surface area (Å²) in [6.45, 7) is 5.91. The minimum absolute atomic E-state index is 0.100. The number of hydrogen-bond acceptors (Lipinski definition) is 4. The second-order valence-corrected chi connectivity index (χ2v) is 8.89. The quantitative estimate of drug-likeness (QED) is 0.329. The maximum Gasteiger partial charge on any atom is 0.274 e. The summed E-state index contributed by atoms with van der Waals surface area (Å²) >= 11 is 0. The highest BCUT2D eigenvalue weighted by Gasteiger charge is 2.16. The lowest BCUT2D eigenvalue weighted by Crippen LogP contribution is -2.32. The van der Waals surface area contributed by atoms with Gasteiger partial charge in [0.15, 0.2) is 0 Å². The van der Waals surface area contributed by atoms with Crippen molar-refractivity contribution in [2.75, 3.05) is 6.61 Å². The van der Waals surface area contributed by atoms with E-state index < -0.39 is 0 Å². The molecule has 1 amide bonds. The summed E-state index contributed by atoms with van der Waals surface area (Å²) < 4.78 is 7.72. The van der Waals surface area contributed by atoms with Gasteiger partial charge in [0, 0.05) is 25.1 Å². The van der Waals surface area contributed by atoms with E-state index in [1.165, 1.54) is 0 Å². The van der Waals surface area contributed by atoms with Crippen molar-refractivity contribution in [2.24, 2.45) is 4.99 Å². The van der Waals surface area contributed by atoms with Gasteiger partial charge in [0.25, 0.3) is 5.56 Å². The van der Waals surface area contributed by atoms with Crippen molar-refractivity contribution >= 4 is 18.2 Å². The lowest BCUT2D eigenvalue weighted by Gasteiger charge is -2.23. The molecule has 3 aromatic carbocycles. The molecule has 4 aromatic rings. The fourth-order valence-corrected chi connectivity index (χ4v) is 4.33. The molecule has 7 nitrogen and oxygen atoms in total. The van der Waals surface area contributed by atoms with E-state index in [1.807, 2.05) is 83.8 Å². The van der Waals surface area contributed by atoms with Gasteiger partial charge >= 0.3 is 0 Å². The van der Waals surface area contributed by atoms with Crippen LogP contribution in [0.3, 0.4) is 0 Å². The number of imidazole rings is 1. The maximum atomic E-state index is 13.1. The standard InChI is InChI=1S/C29H28N4O3/c1-21-28(35)31-29-30-26-15-14-25(17-24(26)20-33(21)29)36-16-8-13-27(34)32(18-22-9-4-2-5-10-22)19-23-11-6-3-7-12-23/h2-7,9-12,14-15,17H,1,8,13,16,18-20H2,(H,30,31,35). The average molecular weight is 481 g/mol. The molecule has 0 spiro atoms. The van der Waals surface area contributed by atoms with Crippen LogP contribution >= 0.6 is 0 Å². The van der Waals surface area contributed by atoms with Gasteiger partial charge in [-0.3, -0.25) is 14.6 Å². The van der Waals surface area contributed by atoms with Crippen molar-refractivity contribution in [2.45, 2.75) is 32.5 Å². The Morgan fingerprint density at radius 1 is 1.00 bits per heavy atom. The number of rotatable bonds is 9. The predicted octanol–water partition coefficient (Wildman–Crippen LogP) is 3.29. The summed E-state index contributed by atoms with van der Waals surface area (Å²) in [6, 6.07) is 25.8. The SMILES string of the molecule is C=c1c(=O)[nH]c2n1Cc1cc(OCCCC(=O)N(Cc3ccccc3)Cc3ccccc3)ccc1N=2. The van der Waals surface area contributed by atoms with Gasteiger partial charge in [-0.2, -0.15) is 0 Å². The first-order chi connectivity index (χ1) is 17.6. The summed E-state index contributed by atoms with van der Waals surface area (Å²) in [5.74, 6) is 0.817. The third kappa shape index (κ3) is 5.30. The van der Waals surface area contributed by atoms with E-state index >= 15 is 0 Å². The first-order valence-electron chi connectivity index (χ1n) is 12.0. The summed E-state index contributed by atoms with van der Waals surface area (Å²) in [6.07, 6.45) is 1.01. The van der Waals surface area contributed by atoms with Gasteiger partial charge in [-0.05, 0) is 35.7 Å². The molecule has 7 heteroatoms. The van der Waals surface area contributed by atoms with E-state index in [0.29, 0.717) is 50.1 Å². The molecule has 2 heterocycles. The summed E-state index contributed by atoms with van der Waals surface area (Å²) in [7, 11) is 0. The lowest BCUT2D eigenvalue weighted by atomic mass is 10.1. The molecule has 0 saturated heterocycles. The summed E-state index contributed by atoms with van der Waals surface area (Å²) in [4.78, 5) is 34.1. The number of nitrogens with one attached hydrogen (secondary N) is 1. The fourth-order valence-electron chi connectivity index (χ4n) is 4.33. The molecule has 1 aliphatic rings. The van der Waals surface area contributed by atoms with Gasteiger partial charge in [0.2, 0.25) is 11.5 Å². The van der Waals surface area contributed by atoms with E-state index in [2.05, 4.69) is 16.6 Å². The Morgan fingerprint density at radius 3 is 2.33 bits per heavy atom. The third-order valence-corrected chi connectivity index (χ3v) is 6.26. The van der Waals surface area contributed by atoms with Crippen LogP contribution in [0.1, 0.15) is 29.5 Å². The van der Waals surface area contributed by atoms with Crippen molar-refractivity contribution in [1.82, 2.24) is 14.5 Å². The zero-order valence-electron chi connectivity index (χ0n) is 20.0. The van der Waals surface area contributed by atoms with Crippen molar-refractivity contribution < 1.29 is 9.53 Å². The molecule has 0 bridgehead atoms. The second-order valence-electron chi connectivity index (χ2n) is 8.89. The average Bonchev–Trinajstić information content (AvgIpc) is 3.18. The fraction of sp³-hybridized carbons (Fsp3) is 0.207. The van der Waals surface area contributed by atoms with Crippen LogP contribution in [0.5, 0.6) is 5.75 Å². The molecule has 0 unspecified atom stereocenters. The monoisotopic (exact) mass is 480 g/mol. The van der Waals surface area contributed by atoms with Gasteiger partial charge in [0.1, 0.15) is 11.1 Å². The molecular weight excluding hydrogens is 452 g/mol. The number of nitrogens with zero attached hydrogens (tertiary/aromatic N) is 3. The van der Waals surface area contributed by atoms with Gasteiger partial charge in [0.05, 0.1) is 18.8 Å². The Kier molecular flexibility index (Phi) is 6.80. The van der Waals surface area contributed by atoms with Crippen LogP contribution in [0.2, 0.25) is 0 Å². The van der Waals surface area contributed by atoms with Crippen molar-refractivity contribution in [1.29, 1.82) is 0 Å². The molecule has 5 rings (SSSR count). The van der Waals surface area contributed by atoms with Crippen molar-refractivity contribution in [3.63, 3.8) is 0 Å². The van der Waals surface area contributed by atoms with Crippen LogP contribution in [0.4, 0.5) is 5.69 Å². The predicted molar refractivity (Wildman–Crippen MR) is 138 cm³/mol.